The lowest BCUT2D eigenvalue weighted by atomic mass is 9.80. The first kappa shape index (κ1) is 11.6. The van der Waals surface area contributed by atoms with Crippen molar-refractivity contribution in [2.24, 2.45) is 18.7 Å². The quantitative estimate of drug-likeness (QED) is 0.846. The predicted octanol–water partition coefficient (Wildman–Crippen LogP) is 2.10. The first-order valence-electron chi connectivity index (χ1n) is 6.32. The van der Waals surface area contributed by atoms with E-state index in [1.54, 1.807) is 0 Å². The number of hydrogen-bond donors (Lipinski definition) is 1. The second-order valence-electron chi connectivity index (χ2n) is 5.27. The third-order valence-corrected chi connectivity index (χ3v) is 3.99. The molecule has 0 saturated heterocycles. The lowest BCUT2D eigenvalue weighted by molar-refractivity contribution is 0.275. The van der Waals surface area contributed by atoms with E-state index in [4.69, 9.17) is 5.73 Å². The Kier molecular flexibility index (Phi) is 3.33. The normalized spacial score (nSPS) is 18.5. The minimum atomic E-state index is 0.312. The van der Waals surface area contributed by atoms with Crippen LogP contribution in [0.1, 0.15) is 42.6 Å². The Labute approximate surface area is 98.0 Å². The topological polar surface area (TPSA) is 43.8 Å². The van der Waals surface area contributed by atoms with Crippen LogP contribution in [0.25, 0.3) is 0 Å². The maximum Gasteiger partial charge on any atom is 0.0628 e. The van der Waals surface area contributed by atoms with E-state index in [-0.39, 0.29) is 0 Å². The fraction of sp³-hybridized carbons (Fsp3) is 0.769. The third kappa shape index (κ3) is 2.29. The minimum Gasteiger partial charge on any atom is -0.327 e. The highest BCUT2D eigenvalue weighted by atomic mass is 15.3. The molecule has 16 heavy (non-hydrogen) atoms. The molecule has 0 aromatic carbocycles. The van der Waals surface area contributed by atoms with E-state index in [2.05, 4.69) is 18.9 Å². The molecule has 1 heterocycles. The van der Waals surface area contributed by atoms with Gasteiger partial charge >= 0.3 is 0 Å². The van der Waals surface area contributed by atoms with Gasteiger partial charge in [-0.3, -0.25) is 4.68 Å². The molecule has 0 spiro atoms. The van der Waals surface area contributed by atoms with Crippen molar-refractivity contribution in [3.05, 3.63) is 17.0 Å². The number of hydrogen-bond acceptors (Lipinski definition) is 2. The second kappa shape index (κ2) is 4.58. The summed E-state index contributed by atoms with van der Waals surface area (Å²) in [6.45, 7) is 4.21. The van der Waals surface area contributed by atoms with E-state index in [1.807, 2.05) is 11.7 Å². The number of aryl methyl sites for hydroxylation is 2. The summed E-state index contributed by atoms with van der Waals surface area (Å²) in [5, 5.41) is 4.44. The van der Waals surface area contributed by atoms with E-state index in [0.29, 0.717) is 6.04 Å². The van der Waals surface area contributed by atoms with Gasteiger partial charge in [0.15, 0.2) is 0 Å². The zero-order valence-corrected chi connectivity index (χ0v) is 10.7. The van der Waals surface area contributed by atoms with E-state index in [0.717, 1.165) is 18.0 Å². The van der Waals surface area contributed by atoms with Crippen LogP contribution >= 0.6 is 0 Å². The molecular weight excluding hydrogens is 198 g/mol. The summed E-state index contributed by atoms with van der Waals surface area (Å²) in [5.74, 6) is 0.896. The molecule has 0 aliphatic heterocycles. The van der Waals surface area contributed by atoms with Gasteiger partial charge in [0.1, 0.15) is 0 Å². The summed E-state index contributed by atoms with van der Waals surface area (Å²) in [5.41, 5.74) is 9.99. The van der Waals surface area contributed by atoms with Crippen molar-refractivity contribution < 1.29 is 0 Å². The van der Waals surface area contributed by atoms with Gasteiger partial charge in [0.05, 0.1) is 5.69 Å². The van der Waals surface area contributed by atoms with Gasteiger partial charge in [-0.05, 0) is 38.2 Å². The van der Waals surface area contributed by atoms with Gasteiger partial charge in [0.2, 0.25) is 0 Å². The number of nitrogens with two attached hydrogens (primary N) is 1. The molecule has 1 fully saturated rings. The van der Waals surface area contributed by atoms with E-state index in [1.165, 1.54) is 36.9 Å². The van der Waals surface area contributed by atoms with E-state index in [9.17, 15) is 0 Å². The maximum absolute atomic E-state index is 6.23. The van der Waals surface area contributed by atoms with Crippen LogP contribution in [0.4, 0.5) is 0 Å². The monoisotopic (exact) mass is 221 g/mol. The fourth-order valence-corrected chi connectivity index (χ4v) is 2.62. The van der Waals surface area contributed by atoms with Gasteiger partial charge in [-0.25, -0.2) is 0 Å². The molecule has 90 valence electrons. The molecule has 1 aromatic heterocycles. The van der Waals surface area contributed by atoms with Gasteiger partial charge in [-0.2, -0.15) is 5.10 Å². The molecule has 0 amide bonds. The van der Waals surface area contributed by atoms with Crippen molar-refractivity contribution in [1.29, 1.82) is 0 Å². The first-order valence-corrected chi connectivity index (χ1v) is 6.32. The van der Waals surface area contributed by atoms with Crippen LogP contribution in [0.15, 0.2) is 0 Å². The largest absolute Gasteiger partial charge is 0.327 e. The molecule has 2 rings (SSSR count). The standard InChI is InChI=1S/C13H23N3/c1-9-13(10(2)16(3)15-9)8-12(14)7-11-5-4-6-11/h11-12H,4-8,14H2,1-3H3. The first-order chi connectivity index (χ1) is 7.58. The molecule has 0 radical (unpaired) electrons. The Morgan fingerprint density at radius 3 is 2.56 bits per heavy atom. The van der Waals surface area contributed by atoms with Crippen molar-refractivity contribution in [1.82, 2.24) is 9.78 Å². The van der Waals surface area contributed by atoms with Crippen LogP contribution in [0, 0.1) is 19.8 Å². The molecular formula is C13H23N3. The Balaban J connectivity index is 1.96. The van der Waals surface area contributed by atoms with Crippen LogP contribution < -0.4 is 5.73 Å². The number of aromatic nitrogens is 2. The summed E-state index contributed by atoms with van der Waals surface area (Å²) in [4.78, 5) is 0. The zero-order valence-electron chi connectivity index (χ0n) is 10.7. The summed E-state index contributed by atoms with van der Waals surface area (Å²) >= 11 is 0. The van der Waals surface area contributed by atoms with Gasteiger partial charge < -0.3 is 5.73 Å². The van der Waals surface area contributed by atoms with Crippen molar-refractivity contribution in [3.8, 4) is 0 Å². The average molecular weight is 221 g/mol. The Bertz CT molecular complexity index is 363. The highest BCUT2D eigenvalue weighted by molar-refractivity contribution is 5.25. The number of rotatable bonds is 4. The lowest BCUT2D eigenvalue weighted by Gasteiger charge is -2.28. The van der Waals surface area contributed by atoms with Gasteiger partial charge in [-0.15, -0.1) is 0 Å². The molecule has 3 nitrogen and oxygen atoms in total. The van der Waals surface area contributed by atoms with E-state index >= 15 is 0 Å². The number of nitrogens with zero attached hydrogens (tertiary/aromatic N) is 2. The van der Waals surface area contributed by atoms with Crippen LogP contribution in [-0.2, 0) is 13.5 Å². The average Bonchev–Trinajstić information content (AvgIpc) is 2.39. The minimum absolute atomic E-state index is 0.312. The molecule has 1 unspecified atom stereocenters. The van der Waals surface area contributed by atoms with Crippen molar-refractivity contribution in [2.75, 3.05) is 0 Å². The van der Waals surface area contributed by atoms with E-state index < -0.39 is 0 Å². The highest BCUT2D eigenvalue weighted by Gasteiger charge is 2.21. The van der Waals surface area contributed by atoms with Crippen molar-refractivity contribution >= 4 is 0 Å². The van der Waals surface area contributed by atoms with Gasteiger partial charge in [0, 0.05) is 18.8 Å². The Morgan fingerprint density at radius 2 is 2.12 bits per heavy atom. The molecule has 3 heteroatoms. The molecule has 1 aliphatic rings. The van der Waals surface area contributed by atoms with Crippen LogP contribution in [0.2, 0.25) is 0 Å². The summed E-state index contributed by atoms with van der Waals surface area (Å²) in [6.07, 6.45) is 6.36. The molecule has 2 N–H and O–H groups in total. The van der Waals surface area contributed by atoms with Crippen LogP contribution in [-0.4, -0.2) is 15.8 Å². The lowest BCUT2D eigenvalue weighted by Crippen LogP contribution is -2.29. The second-order valence-corrected chi connectivity index (χ2v) is 5.27. The molecule has 1 aliphatic carbocycles. The molecule has 1 atom stereocenters. The van der Waals surface area contributed by atoms with Crippen molar-refractivity contribution in [3.63, 3.8) is 0 Å². The molecule has 0 bridgehead atoms. The zero-order chi connectivity index (χ0) is 11.7. The summed E-state index contributed by atoms with van der Waals surface area (Å²) in [6, 6.07) is 0.312. The SMILES string of the molecule is Cc1nn(C)c(C)c1CC(N)CC1CCC1. The predicted molar refractivity (Wildman–Crippen MR) is 66.3 cm³/mol. The summed E-state index contributed by atoms with van der Waals surface area (Å²) in [7, 11) is 2.00. The van der Waals surface area contributed by atoms with Gasteiger partial charge in [0.25, 0.3) is 0 Å². The molecule has 1 aromatic rings. The van der Waals surface area contributed by atoms with Crippen LogP contribution in [0.5, 0.6) is 0 Å². The smallest absolute Gasteiger partial charge is 0.0628 e. The highest BCUT2D eigenvalue weighted by Crippen LogP contribution is 2.30. The maximum atomic E-state index is 6.23. The Morgan fingerprint density at radius 1 is 1.44 bits per heavy atom. The third-order valence-electron chi connectivity index (χ3n) is 3.99. The van der Waals surface area contributed by atoms with Crippen molar-refractivity contribution in [2.45, 2.75) is 52.0 Å². The fourth-order valence-electron chi connectivity index (χ4n) is 2.62. The molecule has 1 saturated carbocycles. The summed E-state index contributed by atoms with van der Waals surface area (Å²) < 4.78 is 1.96. The Hall–Kier alpha value is -0.830. The van der Waals surface area contributed by atoms with Crippen LogP contribution in [0.3, 0.4) is 0 Å². The van der Waals surface area contributed by atoms with Gasteiger partial charge in [-0.1, -0.05) is 19.3 Å².